The smallest absolute Gasteiger partial charge is 0.246 e. The molecular formula is C16H23N7O. The molecule has 1 saturated heterocycles. The summed E-state index contributed by atoms with van der Waals surface area (Å²) in [5.74, 6) is 1.63. The van der Waals surface area contributed by atoms with E-state index < -0.39 is 0 Å². The second-order valence-electron chi connectivity index (χ2n) is 6.95. The number of pyridine rings is 1. The van der Waals surface area contributed by atoms with Gasteiger partial charge in [-0.25, -0.2) is 4.98 Å². The van der Waals surface area contributed by atoms with E-state index in [1.807, 2.05) is 43.9 Å². The maximum atomic E-state index is 12.4. The van der Waals surface area contributed by atoms with E-state index in [4.69, 9.17) is 0 Å². The number of hydrogen-bond acceptors (Lipinski definition) is 6. The zero-order valence-electron chi connectivity index (χ0n) is 14.4. The van der Waals surface area contributed by atoms with Crippen LogP contribution in [0.5, 0.6) is 0 Å². The average molecular weight is 329 g/mol. The Bertz CT molecular complexity index is 684. The molecule has 1 amide bonds. The van der Waals surface area contributed by atoms with Gasteiger partial charge in [-0.1, -0.05) is 26.8 Å². The fraction of sp³-hybridized carbons (Fsp3) is 0.562. The average Bonchev–Trinajstić information content (AvgIpc) is 3.05. The highest BCUT2D eigenvalue weighted by molar-refractivity contribution is 5.76. The Kier molecular flexibility index (Phi) is 4.46. The van der Waals surface area contributed by atoms with Crippen molar-refractivity contribution in [3.8, 4) is 0 Å². The molecule has 0 unspecified atom stereocenters. The van der Waals surface area contributed by atoms with Crippen LogP contribution >= 0.6 is 0 Å². The first-order valence-electron chi connectivity index (χ1n) is 8.15. The van der Waals surface area contributed by atoms with E-state index in [0.29, 0.717) is 18.9 Å². The molecule has 128 valence electrons. The van der Waals surface area contributed by atoms with Crippen LogP contribution in [0.1, 0.15) is 26.6 Å². The monoisotopic (exact) mass is 329 g/mol. The topological polar surface area (TPSA) is 80.0 Å². The largest absolute Gasteiger partial charge is 0.353 e. The SMILES string of the molecule is CC(C)(C)c1nnn(CC(=O)N2CCN(c3ccccn3)CC2)n1. The minimum atomic E-state index is -0.171. The Morgan fingerprint density at radius 3 is 2.50 bits per heavy atom. The summed E-state index contributed by atoms with van der Waals surface area (Å²) in [7, 11) is 0. The Labute approximate surface area is 141 Å². The van der Waals surface area contributed by atoms with E-state index in [1.54, 1.807) is 6.20 Å². The van der Waals surface area contributed by atoms with Gasteiger partial charge in [0, 0.05) is 37.8 Å². The molecule has 0 spiro atoms. The van der Waals surface area contributed by atoms with Crippen LogP contribution in [-0.4, -0.2) is 62.2 Å². The van der Waals surface area contributed by atoms with Crippen molar-refractivity contribution in [1.82, 2.24) is 30.1 Å². The fourth-order valence-electron chi connectivity index (χ4n) is 2.56. The van der Waals surface area contributed by atoms with Crippen molar-refractivity contribution in [3.63, 3.8) is 0 Å². The fourth-order valence-corrected chi connectivity index (χ4v) is 2.56. The highest BCUT2D eigenvalue weighted by atomic mass is 16.2. The van der Waals surface area contributed by atoms with Gasteiger partial charge in [0.2, 0.25) is 5.91 Å². The lowest BCUT2D eigenvalue weighted by Crippen LogP contribution is -2.50. The Balaban J connectivity index is 1.55. The summed E-state index contributed by atoms with van der Waals surface area (Å²) in [6.45, 7) is 9.10. The number of piperazine rings is 1. The molecule has 8 heteroatoms. The first kappa shape index (κ1) is 16.4. The lowest BCUT2D eigenvalue weighted by molar-refractivity contribution is -0.132. The van der Waals surface area contributed by atoms with Crippen LogP contribution in [0.2, 0.25) is 0 Å². The molecule has 1 aliphatic rings. The van der Waals surface area contributed by atoms with Crippen LogP contribution < -0.4 is 4.90 Å². The summed E-state index contributed by atoms with van der Waals surface area (Å²) in [6.07, 6.45) is 1.79. The molecule has 0 saturated carbocycles. The number of anilines is 1. The third-order valence-corrected chi connectivity index (χ3v) is 4.01. The van der Waals surface area contributed by atoms with Gasteiger partial charge >= 0.3 is 0 Å². The van der Waals surface area contributed by atoms with Gasteiger partial charge in [-0.3, -0.25) is 4.79 Å². The quantitative estimate of drug-likeness (QED) is 0.825. The minimum Gasteiger partial charge on any atom is -0.353 e. The van der Waals surface area contributed by atoms with Crippen molar-refractivity contribution in [2.45, 2.75) is 32.7 Å². The molecule has 24 heavy (non-hydrogen) atoms. The van der Waals surface area contributed by atoms with Crippen molar-refractivity contribution in [3.05, 3.63) is 30.2 Å². The van der Waals surface area contributed by atoms with Gasteiger partial charge < -0.3 is 9.80 Å². The second-order valence-corrected chi connectivity index (χ2v) is 6.95. The molecule has 0 atom stereocenters. The van der Waals surface area contributed by atoms with Gasteiger partial charge in [-0.05, 0) is 17.3 Å². The number of nitrogens with zero attached hydrogens (tertiary/aromatic N) is 7. The summed E-state index contributed by atoms with van der Waals surface area (Å²) in [6, 6.07) is 5.87. The van der Waals surface area contributed by atoms with Gasteiger partial charge in [-0.15, -0.1) is 10.2 Å². The molecule has 1 aliphatic heterocycles. The van der Waals surface area contributed by atoms with Crippen molar-refractivity contribution in [2.24, 2.45) is 0 Å². The molecular weight excluding hydrogens is 306 g/mol. The number of carbonyl (C=O) groups is 1. The Hall–Kier alpha value is -2.51. The van der Waals surface area contributed by atoms with Crippen LogP contribution in [0.3, 0.4) is 0 Å². The number of rotatable bonds is 3. The second kappa shape index (κ2) is 6.54. The van der Waals surface area contributed by atoms with Crippen LogP contribution in [0.25, 0.3) is 0 Å². The standard InChI is InChI=1S/C16H23N7O/c1-16(2,3)15-18-20-23(19-15)12-14(24)22-10-8-21(9-11-22)13-6-4-5-7-17-13/h4-7H,8-12H2,1-3H3. The predicted molar refractivity (Wildman–Crippen MR) is 89.5 cm³/mol. The minimum absolute atomic E-state index is 0.0218. The molecule has 0 bridgehead atoms. The third-order valence-electron chi connectivity index (χ3n) is 4.01. The number of hydrogen-bond donors (Lipinski definition) is 0. The number of amides is 1. The molecule has 2 aromatic heterocycles. The molecule has 0 radical (unpaired) electrons. The zero-order valence-corrected chi connectivity index (χ0v) is 14.4. The number of carbonyl (C=O) groups excluding carboxylic acids is 1. The highest BCUT2D eigenvalue weighted by Gasteiger charge is 2.24. The van der Waals surface area contributed by atoms with Crippen LogP contribution in [0.4, 0.5) is 5.82 Å². The van der Waals surface area contributed by atoms with E-state index in [0.717, 1.165) is 18.9 Å². The summed E-state index contributed by atoms with van der Waals surface area (Å²) >= 11 is 0. The van der Waals surface area contributed by atoms with Crippen molar-refractivity contribution < 1.29 is 4.79 Å². The first-order chi connectivity index (χ1) is 11.4. The normalized spacial score (nSPS) is 15.6. The van der Waals surface area contributed by atoms with Crippen molar-refractivity contribution >= 4 is 11.7 Å². The van der Waals surface area contributed by atoms with E-state index >= 15 is 0 Å². The summed E-state index contributed by atoms with van der Waals surface area (Å²) in [5, 5.41) is 12.3. The molecule has 0 aromatic carbocycles. The summed E-state index contributed by atoms with van der Waals surface area (Å²) in [5.41, 5.74) is -0.171. The Morgan fingerprint density at radius 1 is 1.17 bits per heavy atom. The van der Waals surface area contributed by atoms with Gasteiger partial charge in [0.25, 0.3) is 0 Å². The maximum absolute atomic E-state index is 12.4. The maximum Gasteiger partial charge on any atom is 0.246 e. The predicted octanol–water partition coefficient (Wildman–Crippen LogP) is 0.714. The van der Waals surface area contributed by atoms with Gasteiger partial charge in [0.05, 0.1) is 0 Å². The van der Waals surface area contributed by atoms with E-state index in [2.05, 4.69) is 25.3 Å². The molecule has 3 rings (SSSR count). The first-order valence-corrected chi connectivity index (χ1v) is 8.15. The number of aromatic nitrogens is 5. The summed E-state index contributed by atoms with van der Waals surface area (Å²) < 4.78 is 0. The molecule has 3 heterocycles. The molecule has 0 N–H and O–H groups in total. The van der Waals surface area contributed by atoms with Crippen LogP contribution in [0, 0.1) is 0 Å². The van der Waals surface area contributed by atoms with Crippen molar-refractivity contribution in [1.29, 1.82) is 0 Å². The van der Waals surface area contributed by atoms with Crippen LogP contribution in [0.15, 0.2) is 24.4 Å². The van der Waals surface area contributed by atoms with E-state index in [1.165, 1.54) is 4.80 Å². The van der Waals surface area contributed by atoms with Gasteiger partial charge in [0.15, 0.2) is 5.82 Å². The van der Waals surface area contributed by atoms with Crippen molar-refractivity contribution in [2.75, 3.05) is 31.1 Å². The highest BCUT2D eigenvalue weighted by Crippen LogP contribution is 2.16. The van der Waals surface area contributed by atoms with Gasteiger partial charge in [0.1, 0.15) is 12.4 Å². The number of tetrazole rings is 1. The molecule has 8 nitrogen and oxygen atoms in total. The lowest BCUT2D eigenvalue weighted by Gasteiger charge is -2.35. The Morgan fingerprint density at radius 2 is 1.92 bits per heavy atom. The van der Waals surface area contributed by atoms with Gasteiger partial charge in [-0.2, -0.15) is 4.80 Å². The molecule has 2 aromatic rings. The molecule has 0 aliphatic carbocycles. The third kappa shape index (κ3) is 3.69. The lowest BCUT2D eigenvalue weighted by atomic mass is 9.96. The summed E-state index contributed by atoms with van der Waals surface area (Å²) in [4.78, 5) is 22.2. The zero-order chi connectivity index (χ0) is 17.2. The van der Waals surface area contributed by atoms with E-state index in [-0.39, 0.29) is 17.9 Å². The van der Waals surface area contributed by atoms with Crippen LogP contribution in [-0.2, 0) is 16.8 Å². The molecule has 1 fully saturated rings. The van der Waals surface area contributed by atoms with E-state index in [9.17, 15) is 4.79 Å².